The summed E-state index contributed by atoms with van der Waals surface area (Å²) in [6, 6.07) is 6.43. The van der Waals surface area contributed by atoms with Crippen LogP contribution >= 0.6 is 0 Å². The van der Waals surface area contributed by atoms with Crippen molar-refractivity contribution in [1.82, 2.24) is 30.1 Å². The second kappa shape index (κ2) is 9.14. The van der Waals surface area contributed by atoms with Crippen LogP contribution in [0.3, 0.4) is 0 Å². The minimum atomic E-state index is -0.223. The number of benzene rings is 1. The van der Waals surface area contributed by atoms with E-state index in [9.17, 15) is 4.79 Å². The fraction of sp³-hybridized carbons (Fsp3) is 0.600. The molecule has 0 bridgehead atoms. The standard InChI is InChI=1S/C25H34N6O/c1-17-14-18(2)20-16-21(25(32)26-22(20)15-17)23(30-12-8-3-4-9-13-30)24-27-28-29-31(24)19-10-6-5-7-11-19/h14-16,19,23H,3-13H2,1-2H3,(H,26,32). The molecule has 1 saturated carbocycles. The van der Waals surface area contributed by atoms with Gasteiger partial charge in [0.15, 0.2) is 5.82 Å². The van der Waals surface area contributed by atoms with Crippen molar-refractivity contribution >= 4 is 10.9 Å². The van der Waals surface area contributed by atoms with Crippen molar-refractivity contribution in [3.05, 3.63) is 51.1 Å². The van der Waals surface area contributed by atoms with Crippen LogP contribution in [0.25, 0.3) is 10.9 Å². The third-order valence-electron chi connectivity index (χ3n) is 7.33. The maximum atomic E-state index is 13.4. The molecule has 32 heavy (non-hydrogen) atoms. The van der Waals surface area contributed by atoms with E-state index in [-0.39, 0.29) is 11.6 Å². The molecule has 2 aromatic heterocycles. The Labute approximate surface area is 189 Å². The number of tetrazole rings is 1. The molecule has 1 saturated heterocycles. The Morgan fingerprint density at radius 2 is 1.69 bits per heavy atom. The van der Waals surface area contributed by atoms with Gasteiger partial charge < -0.3 is 4.98 Å². The van der Waals surface area contributed by atoms with Crippen LogP contribution in [0, 0.1) is 13.8 Å². The largest absolute Gasteiger partial charge is 0.322 e. The molecule has 1 aromatic carbocycles. The normalized spacial score (nSPS) is 19.8. The molecule has 1 aliphatic carbocycles. The first-order valence-electron chi connectivity index (χ1n) is 12.3. The topological polar surface area (TPSA) is 79.7 Å². The lowest BCUT2D eigenvalue weighted by atomic mass is 9.95. The van der Waals surface area contributed by atoms with Gasteiger partial charge in [0.25, 0.3) is 5.56 Å². The van der Waals surface area contributed by atoms with Gasteiger partial charge in [0.05, 0.1) is 6.04 Å². The third kappa shape index (κ3) is 4.10. The first-order chi connectivity index (χ1) is 15.6. The van der Waals surface area contributed by atoms with E-state index in [0.717, 1.165) is 66.6 Å². The van der Waals surface area contributed by atoms with Gasteiger partial charge in [0.1, 0.15) is 6.04 Å². The number of aromatic amines is 1. The van der Waals surface area contributed by atoms with E-state index >= 15 is 0 Å². The zero-order chi connectivity index (χ0) is 22.1. The summed E-state index contributed by atoms with van der Waals surface area (Å²) in [5.41, 5.74) is 3.97. The van der Waals surface area contributed by atoms with Gasteiger partial charge in [0.2, 0.25) is 0 Å². The van der Waals surface area contributed by atoms with Crippen LogP contribution in [-0.4, -0.2) is 43.2 Å². The summed E-state index contributed by atoms with van der Waals surface area (Å²) in [5.74, 6) is 0.827. The summed E-state index contributed by atoms with van der Waals surface area (Å²) in [4.78, 5) is 19.1. The Balaban J connectivity index is 1.66. The van der Waals surface area contributed by atoms with Gasteiger partial charge in [-0.1, -0.05) is 38.2 Å². The number of rotatable bonds is 4. The second-order valence-electron chi connectivity index (χ2n) is 9.72. The summed E-state index contributed by atoms with van der Waals surface area (Å²) in [5, 5.41) is 14.2. The summed E-state index contributed by atoms with van der Waals surface area (Å²) in [6.07, 6.45) is 10.7. The first-order valence-corrected chi connectivity index (χ1v) is 12.3. The van der Waals surface area contributed by atoms with E-state index in [4.69, 9.17) is 0 Å². The van der Waals surface area contributed by atoms with Crippen molar-refractivity contribution in [2.24, 2.45) is 0 Å². The van der Waals surface area contributed by atoms with Gasteiger partial charge in [-0.05, 0) is 86.3 Å². The Bertz CT molecular complexity index is 1140. The van der Waals surface area contributed by atoms with Gasteiger partial charge in [0, 0.05) is 16.5 Å². The monoisotopic (exact) mass is 434 g/mol. The molecule has 1 atom stereocenters. The van der Waals surface area contributed by atoms with Crippen LogP contribution in [0.5, 0.6) is 0 Å². The third-order valence-corrected chi connectivity index (χ3v) is 7.33. The number of fused-ring (bicyclic) bond motifs is 1. The van der Waals surface area contributed by atoms with Crippen molar-refractivity contribution in [3.63, 3.8) is 0 Å². The van der Waals surface area contributed by atoms with Crippen molar-refractivity contribution in [1.29, 1.82) is 0 Å². The molecule has 0 radical (unpaired) electrons. The molecule has 0 spiro atoms. The number of H-pyrrole nitrogens is 1. The van der Waals surface area contributed by atoms with E-state index in [1.165, 1.54) is 37.7 Å². The van der Waals surface area contributed by atoms with Crippen LogP contribution in [0.4, 0.5) is 0 Å². The zero-order valence-electron chi connectivity index (χ0n) is 19.3. The Morgan fingerprint density at radius 3 is 2.44 bits per heavy atom. The Kier molecular flexibility index (Phi) is 6.09. The van der Waals surface area contributed by atoms with Crippen LogP contribution < -0.4 is 5.56 Å². The van der Waals surface area contributed by atoms with Crippen LogP contribution in [0.1, 0.15) is 92.4 Å². The quantitative estimate of drug-likeness (QED) is 0.649. The maximum absolute atomic E-state index is 13.4. The molecular formula is C25H34N6O. The summed E-state index contributed by atoms with van der Waals surface area (Å²) >= 11 is 0. The van der Waals surface area contributed by atoms with E-state index in [0.29, 0.717) is 6.04 Å². The number of hydrogen-bond donors (Lipinski definition) is 1. The van der Waals surface area contributed by atoms with Crippen molar-refractivity contribution in [2.45, 2.75) is 83.7 Å². The highest BCUT2D eigenvalue weighted by atomic mass is 16.1. The van der Waals surface area contributed by atoms with Gasteiger partial charge in [-0.25, -0.2) is 4.68 Å². The van der Waals surface area contributed by atoms with Crippen LogP contribution in [-0.2, 0) is 0 Å². The van der Waals surface area contributed by atoms with E-state index in [1.807, 2.05) is 4.68 Å². The molecule has 7 nitrogen and oxygen atoms in total. The molecule has 3 heterocycles. The summed E-state index contributed by atoms with van der Waals surface area (Å²) in [6.45, 7) is 6.11. The van der Waals surface area contributed by atoms with Crippen LogP contribution in [0.2, 0.25) is 0 Å². The molecule has 3 aromatic rings. The SMILES string of the molecule is Cc1cc(C)c2cc(C(c3nnnn3C3CCCCC3)N3CCCCCC3)c(=O)[nH]c2c1. The van der Waals surface area contributed by atoms with E-state index in [1.54, 1.807) is 0 Å². The van der Waals surface area contributed by atoms with Gasteiger partial charge in [-0.15, -0.1) is 5.10 Å². The average molecular weight is 435 g/mol. The minimum absolute atomic E-state index is 0.0325. The molecule has 1 N–H and O–H groups in total. The van der Waals surface area contributed by atoms with Crippen LogP contribution in [0.15, 0.2) is 23.0 Å². The second-order valence-corrected chi connectivity index (χ2v) is 9.72. The first kappa shape index (κ1) is 21.3. The number of hydrogen-bond acceptors (Lipinski definition) is 5. The molecule has 170 valence electrons. The fourth-order valence-corrected chi connectivity index (χ4v) is 5.71. The molecule has 2 aliphatic rings. The van der Waals surface area contributed by atoms with E-state index < -0.39 is 0 Å². The maximum Gasteiger partial charge on any atom is 0.253 e. The molecule has 1 aliphatic heterocycles. The molecule has 5 rings (SSSR count). The number of pyridine rings is 1. The highest BCUT2D eigenvalue weighted by molar-refractivity contribution is 5.83. The minimum Gasteiger partial charge on any atom is -0.322 e. The molecule has 1 unspecified atom stereocenters. The smallest absolute Gasteiger partial charge is 0.253 e. The zero-order valence-corrected chi connectivity index (χ0v) is 19.3. The number of likely N-dealkylation sites (tertiary alicyclic amines) is 1. The Hall–Kier alpha value is -2.54. The lowest BCUT2D eigenvalue weighted by Crippen LogP contribution is -2.36. The van der Waals surface area contributed by atoms with Gasteiger partial charge in [-0.3, -0.25) is 9.69 Å². The highest BCUT2D eigenvalue weighted by Crippen LogP contribution is 2.34. The average Bonchev–Trinajstić information content (AvgIpc) is 3.10. The highest BCUT2D eigenvalue weighted by Gasteiger charge is 2.33. The van der Waals surface area contributed by atoms with E-state index in [2.05, 4.69) is 57.5 Å². The molecular weight excluding hydrogens is 400 g/mol. The van der Waals surface area contributed by atoms with Crippen molar-refractivity contribution in [2.75, 3.05) is 13.1 Å². The molecule has 0 amide bonds. The fourth-order valence-electron chi connectivity index (χ4n) is 5.71. The number of aryl methyl sites for hydroxylation is 2. The Morgan fingerprint density at radius 1 is 0.969 bits per heavy atom. The van der Waals surface area contributed by atoms with Gasteiger partial charge in [-0.2, -0.15) is 0 Å². The predicted molar refractivity (Wildman–Crippen MR) is 126 cm³/mol. The molecule has 2 fully saturated rings. The summed E-state index contributed by atoms with van der Waals surface area (Å²) in [7, 11) is 0. The lowest BCUT2D eigenvalue weighted by Gasteiger charge is -2.31. The summed E-state index contributed by atoms with van der Waals surface area (Å²) < 4.78 is 2.04. The number of nitrogens with one attached hydrogen (secondary N) is 1. The number of aromatic nitrogens is 5. The lowest BCUT2D eigenvalue weighted by molar-refractivity contribution is 0.210. The van der Waals surface area contributed by atoms with Crippen molar-refractivity contribution < 1.29 is 0 Å². The van der Waals surface area contributed by atoms with Gasteiger partial charge >= 0.3 is 0 Å². The predicted octanol–water partition coefficient (Wildman–Crippen LogP) is 4.60. The number of nitrogens with zero attached hydrogens (tertiary/aromatic N) is 5. The van der Waals surface area contributed by atoms with Crippen molar-refractivity contribution in [3.8, 4) is 0 Å². The molecule has 7 heteroatoms.